The number of nitrogens with zero attached hydrogens (tertiary/aromatic N) is 1. The lowest BCUT2D eigenvalue weighted by molar-refractivity contribution is 0.618. The van der Waals surface area contributed by atoms with Gasteiger partial charge in [-0.15, -0.1) is 0 Å². The van der Waals surface area contributed by atoms with E-state index in [-0.39, 0.29) is 17.9 Å². The first-order valence-electron chi connectivity index (χ1n) is 6.24. The molecule has 0 aliphatic carbocycles. The summed E-state index contributed by atoms with van der Waals surface area (Å²) in [7, 11) is 0. The van der Waals surface area contributed by atoms with Gasteiger partial charge in [-0.25, -0.2) is 13.8 Å². The van der Waals surface area contributed by atoms with E-state index < -0.39 is 5.82 Å². The fourth-order valence-electron chi connectivity index (χ4n) is 2.24. The van der Waals surface area contributed by atoms with Crippen molar-refractivity contribution < 1.29 is 8.78 Å². The van der Waals surface area contributed by atoms with Gasteiger partial charge in [0.05, 0.1) is 11.4 Å². The van der Waals surface area contributed by atoms with E-state index in [1.54, 1.807) is 30.3 Å². The molecule has 0 saturated heterocycles. The summed E-state index contributed by atoms with van der Waals surface area (Å²) < 4.78 is 27.3. The number of fused-ring (bicyclic) bond motifs is 1. The summed E-state index contributed by atoms with van der Waals surface area (Å²) in [5.74, 6) is -0.715. The van der Waals surface area contributed by atoms with Gasteiger partial charge in [-0.3, -0.25) is 0 Å². The van der Waals surface area contributed by atoms with Gasteiger partial charge in [0, 0.05) is 16.3 Å². The maximum absolute atomic E-state index is 14.2. The van der Waals surface area contributed by atoms with Crippen molar-refractivity contribution in [2.45, 2.75) is 6.42 Å². The van der Waals surface area contributed by atoms with Gasteiger partial charge in [-0.1, -0.05) is 24.3 Å². The van der Waals surface area contributed by atoms with Gasteiger partial charge in [0.1, 0.15) is 5.82 Å². The second kappa shape index (κ2) is 5.00. The van der Waals surface area contributed by atoms with Crippen LogP contribution in [0.3, 0.4) is 0 Å². The SMILES string of the molecule is [CH]Cc1nc(-c2ccc(F)cc2)c2ccccc2c1F. The Morgan fingerprint density at radius 3 is 2.20 bits per heavy atom. The van der Waals surface area contributed by atoms with Crippen LogP contribution in [0.15, 0.2) is 48.5 Å². The summed E-state index contributed by atoms with van der Waals surface area (Å²) in [6, 6.07) is 13.0. The van der Waals surface area contributed by atoms with Crippen LogP contribution in [0.2, 0.25) is 0 Å². The highest BCUT2D eigenvalue weighted by atomic mass is 19.1. The molecule has 1 aromatic heterocycles. The van der Waals surface area contributed by atoms with Crippen molar-refractivity contribution in [3.05, 3.63) is 72.8 Å². The van der Waals surface area contributed by atoms with Crippen molar-refractivity contribution in [3.63, 3.8) is 0 Å². The topological polar surface area (TPSA) is 12.9 Å². The van der Waals surface area contributed by atoms with Crippen molar-refractivity contribution in [2.24, 2.45) is 0 Å². The highest BCUT2D eigenvalue weighted by Gasteiger charge is 2.13. The molecule has 3 rings (SSSR count). The molecule has 0 aliphatic heterocycles. The Morgan fingerprint density at radius 1 is 0.900 bits per heavy atom. The molecule has 0 aliphatic rings. The van der Waals surface area contributed by atoms with Gasteiger partial charge in [-0.2, -0.15) is 0 Å². The third kappa shape index (κ3) is 2.05. The zero-order valence-electron chi connectivity index (χ0n) is 10.6. The van der Waals surface area contributed by atoms with Crippen molar-refractivity contribution in [1.29, 1.82) is 0 Å². The van der Waals surface area contributed by atoms with E-state index in [9.17, 15) is 8.78 Å². The Bertz CT molecular complexity index is 764. The van der Waals surface area contributed by atoms with Crippen LogP contribution in [0.4, 0.5) is 8.78 Å². The van der Waals surface area contributed by atoms with Gasteiger partial charge in [0.25, 0.3) is 0 Å². The molecule has 0 bridgehead atoms. The molecule has 0 amide bonds. The van der Waals surface area contributed by atoms with E-state index in [4.69, 9.17) is 6.92 Å². The van der Waals surface area contributed by atoms with Gasteiger partial charge < -0.3 is 0 Å². The monoisotopic (exact) mass is 267 g/mol. The van der Waals surface area contributed by atoms with Gasteiger partial charge >= 0.3 is 0 Å². The molecular formula is C17H11F2N. The molecule has 3 aromatic rings. The molecule has 0 atom stereocenters. The molecule has 2 radical (unpaired) electrons. The second-order valence-corrected chi connectivity index (χ2v) is 4.48. The number of hydrogen-bond donors (Lipinski definition) is 0. The molecule has 0 unspecified atom stereocenters. The molecule has 0 spiro atoms. The van der Waals surface area contributed by atoms with Gasteiger partial charge in [-0.05, 0) is 37.6 Å². The van der Waals surface area contributed by atoms with Gasteiger partial charge in [0.2, 0.25) is 0 Å². The summed E-state index contributed by atoms with van der Waals surface area (Å²) in [6.07, 6.45) is 0.0187. The molecule has 1 heterocycles. The first-order valence-corrected chi connectivity index (χ1v) is 6.24. The van der Waals surface area contributed by atoms with Crippen molar-refractivity contribution in [3.8, 4) is 11.3 Å². The Labute approximate surface area is 115 Å². The molecule has 2 aromatic carbocycles. The number of aromatic nitrogens is 1. The lowest BCUT2D eigenvalue weighted by atomic mass is 10.0. The summed E-state index contributed by atoms with van der Waals surface area (Å²) in [5, 5.41) is 1.16. The van der Waals surface area contributed by atoms with E-state index >= 15 is 0 Å². The van der Waals surface area contributed by atoms with E-state index in [2.05, 4.69) is 4.98 Å². The van der Waals surface area contributed by atoms with Gasteiger partial charge in [0.15, 0.2) is 5.82 Å². The molecule has 98 valence electrons. The third-order valence-electron chi connectivity index (χ3n) is 3.23. The normalized spacial score (nSPS) is 10.9. The maximum atomic E-state index is 14.2. The van der Waals surface area contributed by atoms with Crippen LogP contribution >= 0.6 is 0 Å². The maximum Gasteiger partial charge on any atom is 0.152 e. The van der Waals surface area contributed by atoms with E-state index in [1.165, 1.54) is 12.1 Å². The number of benzene rings is 2. The Balaban J connectivity index is 2.34. The van der Waals surface area contributed by atoms with Crippen LogP contribution in [0.5, 0.6) is 0 Å². The third-order valence-corrected chi connectivity index (χ3v) is 3.23. The van der Waals surface area contributed by atoms with Crippen LogP contribution < -0.4 is 0 Å². The summed E-state index contributed by atoms with van der Waals surface area (Å²) in [6.45, 7) is 5.55. The van der Waals surface area contributed by atoms with Crippen LogP contribution in [0.25, 0.3) is 22.0 Å². The molecule has 1 nitrogen and oxygen atoms in total. The molecular weight excluding hydrogens is 256 g/mol. The van der Waals surface area contributed by atoms with Crippen LogP contribution in [0.1, 0.15) is 5.69 Å². The fourth-order valence-corrected chi connectivity index (χ4v) is 2.24. The smallest absolute Gasteiger partial charge is 0.152 e. The molecule has 0 N–H and O–H groups in total. The average molecular weight is 267 g/mol. The second-order valence-electron chi connectivity index (χ2n) is 4.48. The predicted molar refractivity (Wildman–Crippen MR) is 75.1 cm³/mol. The Hall–Kier alpha value is -2.29. The first kappa shape index (κ1) is 12.7. The van der Waals surface area contributed by atoms with Crippen LogP contribution in [0, 0.1) is 18.6 Å². The van der Waals surface area contributed by atoms with Crippen molar-refractivity contribution in [1.82, 2.24) is 4.98 Å². The number of pyridine rings is 1. The highest BCUT2D eigenvalue weighted by molar-refractivity contribution is 5.95. The van der Waals surface area contributed by atoms with Crippen LogP contribution in [-0.4, -0.2) is 4.98 Å². The summed E-state index contributed by atoms with van der Waals surface area (Å²) in [4.78, 5) is 4.30. The zero-order valence-corrected chi connectivity index (χ0v) is 10.6. The largest absolute Gasteiger partial charge is 0.249 e. The minimum atomic E-state index is -0.394. The lowest BCUT2D eigenvalue weighted by Gasteiger charge is -2.10. The lowest BCUT2D eigenvalue weighted by Crippen LogP contribution is -1.98. The minimum absolute atomic E-state index is 0.0187. The molecule has 20 heavy (non-hydrogen) atoms. The van der Waals surface area contributed by atoms with E-state index in [0.29, 0.717) is 16.5 Å². The minimum Gasteiger partial charge on any atom is -0.249 e. The highest BCUT2D eigenvalue weighted by Crippen LogP contribution is 2.30. The predicted octanol–water partition coefficient (Wildman–Crippen LogP) is 4.43. The molecule has 0 fully saturated rings. The Morgan fingerprint density at radius 2 is 1.55 bits per heavy atom. The first-order chi connectivity index (χ1) is 9.70. The van der Waals surface area contributed by atoms with Crippen molar-refractivity contribution >= 4 is 10.8 Å². The van der Waals surface area contributed by atoms with Crippen molar-refractivity contribution in [2.75, 3.05) is 0 Å². The number of rotatable bonds is 2. The quantitative estimate of drug-likeness (QED) is 0.669. The average Bonchev–Trinajstić information content (AvgIpc) is 2.49. The Kier molecular flexibility index (Phi) is 3.18. The molecule has 0 saturated carbocycles. The standard InChI is InChI=1S/C17H11F2N/c1-2-15-16(19)13-5-3-4-6-14(13)17(20-15)11-7-9-12(18)10-8-11/h1,3-10H,2H2. The fraction of sp³-hybridized carbons (Fsp3) is 0.0588. The summed E-state index contributed by atoms with van der Waals surface area (Å²) >= 11 is 0. The van der Waals surface area contributed by atoms with E-state index in [1.807, 2.05) is 6.07 Å². The number of hydrogen-bond acceptors (Lipinski definition) is 1. The summed E-state index contributed by atoms with van der Waals surface area (Å²) in [5.41, 5.74) is 1.56. The number of halogens is 2. The zero-order chi connectivity index (χ0) is 14.1. The van der Waals surface area contributed by atoms with Crippen LogP contribution in [-0.2, 0) is 6.42 Å². The van der Waals surface area contributed by atoms with E-state index in [0.717, 1.165) is 5.56 Å². The molecule has 3 heteroatoms.